The lowest BCUT2D eigenvalue weighted by molar-refractivity contribution is -0.116. The monoisotopic (exact) mass is 334 g/mol. The first-order valence-electron chi connectivity index (χ1n) is 7.76. The van der Waals surface area contributed by atoms with Crippen LogP contribution < -0.4 is 4.90 Å². The molecule has 0 aliphatic heterocycles. The maximum atomic E-state index is 12.8. The lowest BCUT2D eigenvalue weighted by atomic mass is 10.2. The number of amides is 1. The van der Waals surface area contributed by atoms with Crippen LogP contribution in [0.5, 0.6) is 0 Å². The number of nitrogens with zero attached hydrogens (tertiary/aromatic N) is 2. The van der Waals surface area contributed by atoms with Crippen molar-refractivity contribution in [2.24, 2.45) is 0 Å². The zero-order valence-corrected chi connectivity index (χ0v) is 14.0. The minimum atomic E-state index is 0.0476. The SMILES string of the molecule is O=C(CSc1ccccc1)N(Cc1ccccc1)c1ccccn1. The molecule has 1 amide bonds. The van der Waals surface area contributed by atoms with Crippen molar-refractivity contribution in [1.82, 2.24) is 4.98 Å². The molecule has 0 fully saturated rings. The number of thioether (sulfide) groups is 1. The highest BCUT2D eigenvalue weighted by Gasteiger charge is 2.17. The predicted octanol–water partition coefficient (Wildman–Crippen LogP) is 4.41. The van der Waals surface area contributed by atoms with E-state index in [1.165, 1.54) is 0 Å². The topological polar surface area (TPSA) is 33.2 Å². The van der Waals surface area contributed by atoms with Crippen molar-refractivity contribution in [1.29, 1.82) is 0 Å². The number of pyridine rings is 1. The third-order valence-electron chi connectivity index (χ3n) is 3.52. The molecule has 0 saturated carbocycles. The molecule has 120 valence electrons. The van der Waals surface area contributed by atoms with E-state index in [9.17, 15) is 4.79 Å². The number of rotatable bonds is 6. The minimum absolute atomic E-state index is 0.0476. The van der Waals surface area contributed by atoms with E-state index in [1.54, 1.807) is 22.9 Å². The number of carbonyl (C=O) groups excluding carboxylic acids is 1. The van der Waals surface area contributed by atoms with Gasteiger partial charge in [-0.05, 0) is 29.8 Å². The number of hydrogen-bond donors (Lipinski definition) is 0. The fraction of sp³-hybridized carbons (Fsp3) is 0.100. The highest BCUT2D eigenvalue weighted by Crippen LogP contribution is 2.20. The van der Waals surface area contributed by atoms with Gasteiger partial charge in [-0.2, -0.15) is 0 Å². The number of aromatic nitrogens is 1. The van der Waals surface area contributed by atoms with Gasteiger partial charge in [-0.1, -0.05) is 54.6 Å². The molecule has 0 atom stereocenters. The van der Waals surface area contributed by atoms with Gasteiger partial charge >= 0.3 is 0 Å². The van der Waals surface area contributed by atoms with E-state index in [1.807, 2.05) is 78.9 Å². The van der Waals surface area contributed by atoms with Gasteiger partial charge in [0.05, 0.1) is 12.3 Å². The fourth-order valence-electron chi connectivity index (χ4n) is 2.32. The first kappa shape index (κ1) is 16.3. The van der Waals surface area contributed by atoms with Crippen LogP contribution in [0.3, 0.4) is 0 Å². The molecular weight excluding hydrogens is 316 g/mol. The van der Waals surface area contributed by atoms with Crippen molar-refractivity contribution in [3.05, 3.63) is 90.6 Å². The van der Waals surface area contributed by atoms with Crippen molar-refractivity contribution in [3.8, 4) is 0 Å². The van der Waals surface area contributed by atoms with Gasteiger partial charge < -0.3 is 0 Å². The lowest BCUT2D eigenvalue weighted by Crippen LogP contribution is -2.32. The molecule has 0 saturated heterocycles. The summed E-state index contributed by atoms with van der Waals surface area (Å²) in [5.41, 5.74) is 1.08. The van der Waals surface area contributed by atoms with Crippen LogP contribution in [-0.4, -0.2) is 16.6 Å². The molecule has 3 aromatic rings. The Kier molecular flexibility index (Phi) is 5.64. The van der Waals surface area contributed by atoms with Gasteiger partial charge in [-0.3, -0.25) is 9.69 Å². The van der Waals surface area contributed by atoms with Crippen LogP contribution >= 0.6 is 11.8 Å². The quantitative estimate of drug-likeness (QED) is 0.626. The van der Waals surface area contributed by atoms with Crippen LogP contribution in [0.15, 0.2) is 90.0 Å². The van der Waals surface area contributed by atoms with E-state index >= 15 is 0 Å². The van der Waals surface area contributed by atoms with Gasteiger partial charge in [-0.15, -0.1) is 11.8 Å². The van der Waals surface area contributed by atoms with Crippen LogP contribution in [0.25, 0.3) is 0 Å². The molecule has 0 spiro atoms. The summed E-state index contributed by atoms with van der Waals surface area (Å²) >= 11 is 1.54. The largest absolute Gasteiger partial charge is 0.292 e. The second-order valence-electron chi connectivity index (χ2n) is 5.26. The number of hydrogen-bond acceptors (Lipinski definition) is 3. The third kappa shape index (κ3) is 4.46. The summed E-state index contributed by atoms with van der Waals surface area (Å²) in [6.07, 6.45) is 1.71. The molecule has 0 bridgehead atoms. The second kappa shape index (κ2) is 8.31. The van der Waals surface area contributed by atoms with Crippen LogP contribution in [0.1, 0.15) is 5.56 Å². The Labute approximate surface area is 146 Å². The van der Waals surface area contributed by atoms with Crippen molar-refractivity contribution >= 4 is 23.5 Å². The van der Waals surface area contributed by atoms with Crippen LogP contribution in [-0.2, 0) is 11.3 Å². The van der Waals surface area contributed by atoms with E-state index in [0.717, 1.165) is 10.5 Å². The molecule has 0 aliphatic rings. The molecule has 24 heavy (non-hydrogen) atoms. The number of anilines is 1. The number of carbonyl (C=O) groups is 1. The molecule has 2 aromatic carbocycles. The Morgan fingerprint density at radius 3 is 2.21 bits per heavy atom. The van der Waals surface area contributed by atoms with Crippen LogP contribution in [0.2, 0.25) is 0 Å². The van der Waals surface area contributed by atoms with Crippen molar-refractivity contribution in [2.75, 3.05) is 10.7 Å². The summed E-state index contributed by atoms with van der Waals surface area (Å²) in [5, 5.41) is 0. The second-order valence-corrected chi connectivity index (χ2v) is 6.30. The van der Waals surface area contributed by atoms with Crippen LogP contribution in [0.4, 0.5) is 5.82 Å². The van der Waals surface area contributed by atoms with Gasteiger partial charge in [0.1, 0.15) is 5.82 Å². The van der Waals surface area contributed by atoms with Crippen LogP contribution in [0, 0.1) is 0 Å². The molecule has 4 heteroatoms. The first-order chi connectivity index (χ1) is 11.8. The predicted molar refractivity (Wildman–Crippen MR) is 99.0 cm³/mol. The maximum Gasteiger partial charge on any atom is 0.238 e. The first-order valence-corrected chi connectivity index (χ1v) is 8.74. The smallest absolute Gasteiger partial charge is 0.238 e. The highest BCUT2D eigenvalue weighted by atomic mass is 32.2. The van der Waals surface area contributed by atoms with E-state index in [4.69, 9.17) is 0 Å². The van der Waals surface area contributed by atoms with Gasteiger partial charge in [0.2, 0.25) is 5.91 Å². The Morgan fingerprint density at radius 1 is 0.875 bits per heavy atom. The van der Waals surface area contributed by atoms with Gasteiger partial charge in [0.15, 0.2) is 0 Å². The van der Waals surface area contributed by atoms with E-state index in [0.29, 0.717) is 18.1 Å². The Hall–Kier alpha value is -2.59. The summed E-state index contributed by atoms with van der Waals surface area (Å²) in [6, 6.07) is 25.6. The summed E-state index contributed by atoms with van der Waals surface area (Å²) in [6.45, 7) is 0.520. The van der Waals surface area contributed by atoms with Crippen molar-refractivity contribution < 1.29 is 4.79 Å². The number of benzene rings is 2. The lowest BCUT2D eigenvalue weighted by Gasteiger charge is -2.21. The summed E-state index contributed by atoms with van der Waals surface area (Å²) in [4.78, 5) is 20.0. The fourth-order valence-corrected chi connectivity index (χ4v) is 3.11. The zero-order chi connectivity index (χ0) is 16.6. The molecular formula is C20H18N2OS. The van der Waals surface area contributed by atoms with E-state index in [-0.39, 0.29) is 5.91 Å². The standard InChI is InChI=1S/C20H18N2OS/c23-20(16-24-18-11-5-2-6-12-18)22(19-13-7-8-14-21-19)15-17-9-3-1-4-10-17/h1-14H,15-16H2. The normalized spacial score (nSPS) is 10.3. The summed E-state index contributed by atoms with van der Waals surface area (Å²) in [7, 11) is 0. The maximum absolute atomic E-state index is 12.8. The van der Waals surface area contributed by atoms with Crippen molar-refractivity contribution in [3.63, 3.8) is 0 Å². The highest BCUT2D eigenvalue weighted by molar-refractivity contribution is 8.00. The average molecular weight is 334 g/mol. The average Bonchev–Trinajstić information content (AvgIpc) is 2.66. The zero-order valence-electron chi connectivity index (χ0n) is 13.2. The molecule has 1 heterocycles. The van der Waals surface area contributed by atoms with Gasteiger partial charge in [-0.25, -0.2) is 4.98 Å². The van der Waals surface area contributed by atoms with E-state index < -0.39 is 0 Å². The Balaban J connectivity index is 1.75. The molecule has 0 radical (unpaired) electrons. The van der Waals surface area contributed by atoms with Crippen molar-refractivity contribution in [2.45, 2.75) is 11.4 Å². The third-order valence-corrected chi connectivity index (χ3v) is 4.51. The minimum Gasteiger partial charge on any atom is -0.292 e. The Bertz CT molecular complexity index is 763. The molecule has 1 aromatic heterocycles. The Morgan fingerprint density at radius 2 is 1.54 bits per heavy atom. The van der Waals surface area contributed by atoms with Gasteiger partial charge in [0, 0.05) is 11.1 Å². The molecule has 0 aliphatic carbocycles. The molecule has 0 unspecified atom stereocenters. The molecule has 3 nitrogen and oxygen atoms in total. The summed E-state index contributed by atoms with van der Waals surface area (Å²) in [5.74, 6) is 1.11. The van der Waals surface area contributed by atoms with E-state index in [2.05, 4.69) is 4.98 Å². The molecule has 3 rings (SSSR count). The molecule has 0 N–H and O–H groups in total. The van der Waals surface area contributed by atoms with Gasteiger partial charge in [0.25, 0.3) is 0 Å². The summed E-state index contributed by atoms with van der Waals surface area (Å²) < 4.78 is 0.